The van der Waals surface area contributed by atoms with Crippen LogP contribution in [0.25, 0.3) is 11.6 Å². The first kappa shape index (κ1) is 30.4. The SMILES string of the molecule is CCC=Cc1ccccc1CNC(=O)C(=O)NCC#N.CN=C/C(=C\N)c1cc(C2(NC)CC2)ccc1P. The van der Waals surface area contributed by atoms with Gasteiger partial charge in [-0.3, -0.25) is 14.6 Å². The summed E-state index contributed by atoms with van der Waals surface area (Å²) in [4.78, 5) is 26.8. The molecule has 1 fully saturated rings. The van der Waals surface area contributed by atoms with E-state index in [-0.39, 0.29) is 18.6 Å². The summed E-state index contributed by atoms with van der Waals surface area (Å²) in [6.45, 7) is 2.13. The molecule has 0 saturated heterocycles. The van der Waals surface area contributed by atoms with E-state index in [1.807, 2.05) is 50.4 Å². The number of rotatable bonds is 9. The van der Waals surface area contributed by atoms with Gasteiger partial charge in [-0.1, -0.05) is 55.5 Å². The maximum atomic E-state index is 11.5. The molecular weight excluding hydrogens is 495 g/mol. The lowest BCUT2D eigenvalue weighted by molar-refractivity contribution is -0.139. The smallest absolute Gasteiger partial charge is 0.310 e. The van der Waals surface area contributed by atoms with Gasteiger partial charge in [0.15, 0.2) is 0 Å². The van der Waals surface area contributed by atoms with Gasteiger partial charge in [0.25, 0.3) is 0 Å². The van der Waals surface area contributed by atoms with Crippen LogP contribution in [0.15, 0.2) is 59.7 Å². The number of carbonyl (C=O) groups excluding carboxylic acids is 2. The van der Waals surface area contributed by atoms with Crippen molar-refractivity contribution < 1.29 is 9.59 Å². The molecule has 1 unspecified atom stereocenters. The van der Waals surface area contributed by atoms with Gasteiger partial charge in [-0.25, -0.2) is 0 Å². The van der Waals surface area contributed by atoms with Crippen molar-refractivity contribution in [1.29, 1.82) is 5.26 Å². The van der Waals surface area contributed by atoms with E-state index in [1.54, 1.807) is 25.5 Å². The van der Waals surface area contributed by atoms with Crippen molar-refractivity contribution in [2.75, 3.05) is 20.6 Å². The molecular formula is C29H37N6O2P. The fraction of sp³-hybridized carbons (Fsp3) is 0.310. The molecule has 1 atom stereocenters. The van der Waals surface area contributed by atoms with Crippen LogP contribution in [0.4, 0.5) is 0 Å². The van der Waals surface area contributed by atoms with E-state index >= 15 is 0 Å². The summed E-state index contributed by atoms with van der Waals surface area (Å²) >= 11 is 0. The number of benzene rings is 2. The summed E-state index contributed by atoms with van der Waals surface area (Å²) in [5.74, 6) is -1.54. The van der Waals surface area contributed by atoms with E-state index in [4.69, 9.17) is 11.0 Å². The number of allylic oxidation sites excluding steroid dienone is 2. The zero-order valence-corrected chi connectivity index (χ0v) is 23.4. The second kappa shape index (κ2) is 15.5. The highest BCUT2D eigenvalue weighted by atomic mass is 31.0. The zero-order chi connectivity index (χ0) is 28.0. The van der Waals surface area contributed by atoms with Crippen LogP contribution < -0.4 is 27.0 Å². The number of hydrogen-bond donors (Lipinski definition) is 4. The van der Waals surface area contributed by atoms with Gasteiger partial charge in [0, 0.05) is 37.1 Å². The predicted octanol–water partition coefficient (Wildman–Crippen LogP) is 2.76. The van der Waals surface area contributed by atoms with E-state index in [2.05, 4.69) is 48.4 Å². The number of hydrogen-bond acceptors (Lipinski definition) is 6. The molecule has 2 amide bonds. The molecule has 2 aromatic rings. The Kier molecular flexibility index (Phi) is 12.4. The highest BCUT2D eigenvalue weighted by molar-refractivity contribution is 7.27. The van der Waals surface area contributed by atoms with Gasteiger partial charge in [-0.05, 0) is 59.9 Å². The van der Waals surface area contributed by atoms with Crippen molar-refractivity contribution in [1.82, 2.24) is 16.0 Å². The van der Waals surface area contributed by atoms with Gasteiger partial charge in [0.1, 0.15) is 6.54 Å². The molecule has 0 aromatic heterocycles. The van der Waals surface area contributed by atoms with E-state index in [0.29, 0.717) is 0 Å². The van der Waals surface area contributed by atoms with Crippen LogP contribution >= 0.6 is 9.24 Å². The Morgan fingerprint density at radius 1 is 1.18 bits per heavy atom. The molecule has 200 valence electrons. The number of nitrogens with two attached hydrogens (primary N) is 1. The Labute approximate surface area is 227 Å². The van der Waals surface area contributed by atoms with Crippen molar-refractivity contribution in [3.05, 3.63) is 77.0 Å². The molecule has 38 heavy (non-hydrogen) atoms. The van der Waals surface area contributed by atoms with Gasteiger partial charge < -0.3 is 21.7 Å². The quantitative estimate of drug-likeness (QED) is 0.171. The lowest BCUT2D eigenvalue weighted by atomic mass is 9.98. The van der Waals surface area contributed by atoms with Crippen LogP contribution in [0.5, 0.6) is 0 Å². The molecule has 5 N–H and O–H groups in total. The third-order valence-electron chi connectivity index (χ3n) is 6.16. The van der Waals surface area contributed by atoms with E-state index in [9.17, 15) is 9.59 Å². The van der Waals surface area contributed by atoms with Crippen LogP contribution in [0, 0.1) is 11.3 Å². The molecule has 2 aromatic carbocycles. The van der Waals surface area contributed by atoms with Gasteiger partial charge >= 0.3 is 11.8 Å². The Morgan fingerprint density at radius 2 is 1.89 bits per heavy atom. The maximum absolute atomic E-state index is 11.5. The Morgan fingerprint density at radius 3 is 2.50 bits per heavy atom. The minimum absolute atomic E-state index is 0.177. The number of carbonyl (C=O) groups is 2. The number of nitriles is 1. The van der Waals surface area contributed by atoms with Crippen LogP contribution in [-0.2, 0) is 21.7 Å². The average Bonchev–Trinajstić information content (AvgIpc) is 3.74. The maximum Gasteiger partial charge on any atom is 0.310 e. The first-order valence-electron chi connectivity index (χ1n) is 12.5. The van der Waals surface area contributed by atoms with Crippen molar-refractivity contribution in [3.8, 4) is 6.07 Å². The van der Waals surface area contributed by atoms with Gasteiger partial charge in [-0.2, -0.15) is 5.26 Å². The number of aliphatic imine (C=N–C) groups is 1. The zero-order valence-electron chi connectivity index (χ0n) is 22.3. The molecule has 8 nitrogen and oxygen atoms in total. The fourth-order valence-electron chi connectivity index (χ4n) is 3.81. The monoisotopic (exact) mass is 532 g/mol. The second-order valence-electron chi connectivity index (χ2n) is 8.68. The topological polar surface area (TPSA) is 132 Å². The molecule has 0 heterocycles. The lowest BCUT2D eigenvalue weighted by Gasteiger charge is -2.17. The van der Waals surface area contributed by atoms with Gasteiger partial charge in [0.2, 0.25) is 0 Å². The molecule has 3 rings (SSSR count). The molecule has 9 heteroatoms. The molecule has 0 spiro atoms. The van der Waals surface area contributed by atoms with Crippen LogP contribution in [0.2, 0.25) is 0 Å². The average molecular weight is 533 g/mol. The molecule has 0 aliphatic heterocycles. The summed E-state index contributed by atoms with van der Waals surface area (Å²) in [6, 6.07) is 15.9. The molecule has 0 radical (unpaired) electrons. The highest BCUT2D eigenvalue weighted by Gasteiger charge is 2.42. The van der Waals surface area contributed by atoms with E-state index in [1.165, 1.54) is 18.4 Å². The Balaban J connectivity index is 0.000000268. The van der Waals surface area contributed by atoms with Gasteiger partial charge in [0.05, 0.1) is 6.07 Å². The molecule has 1 saturated carbocycles. The highest BCUT2D eigenvalue weighted by Crippen LogP contribution is 2.45. The first-order valence-corrected chi connectivity index (χ1v) is 13.0. The van der Waals surface area contributed by atoms with Crippen molar-refractivity contribution in [3.63, 3.8) is 0 Å². The van der Waals surface area contributed by atoms with Crippen molar-refractivity contribution in [2.45, 2.75) is 38.3 Å². The van der Waals surface area contributed by atoms with Crippen molar-refractivity contribution >= 4 is 44.2 Å². The first-order chi connectivity index (χ1) is 18.3. The molecule has 1 aliphatic carbocycles. The van der Waals surface area contributed by atoms with E-state index in [0.717, 1.165) is 34.0 Å². The summed E-state index contributed by atoms with van der Waals surface area (Å²) < 4.78 is 0. The summed E-state index contributed by atoms with van der Waals surface area (Å²) in [7, 11) is 6.53. The minimum Gasteiger partial charge on any atom is -0.404 e. The Bertz CT molecular complexity index is 1240. The van der Waals surface area contributed by atoms with Gasteiger partial charge in [-0.15, -0.1) is 9.24 Å². The fourth-order valence-corrected chi connectivity index (χ4v) is 4.16. The lowest BCUT2D eigenvalue weighted by Crippen LogP contribution is -2.39. The molecule has 1 aliphatic rings. The normalized spacial score (nSPS) is 13.9. The standard InChI is InChI=1S/C15H17N3O2.C14H20N3P/c1-2-3-6-12-7-4-5-8-13(12)11-18-15(20)14(19)17-10-9-16;1-16-9-10(8-15)12-7-11(3-4-13(12)18)14(17-2)5-6-14/h3-8H,2,10-11H2,1H3,(H,17,19)(H,18,20);3-4,7-9,17H,5-6,15,18H2,1-2H3/b;10-8+,16-9?. The predicted molar refractivity (Wildman–Crippen MR) is 159 cm³/mol. The summed E-state index contributed by atoms with van der Waals surface area (Å²) in [5.41, 5.74) is 11.2. The van der Waals surface area contributed by atoms with Crippen LogP contribution in [-0.4, -0.2) is 38.7 Å². The minimum atomic E-state index is -0.798. The largest absolute Gasteiger partial charge is 0.404 e. The van der Waals surface area contributed by atoms with Crippen LogP contribution in [0.1, 0.15) is 48.4 Å². The number of amides is 2. The Hall–Kier alpha value is -3.79. The van der Waals surface area contributed by atoms with Crippen LogP contribution in [0.3, 0.4) is 0 Å². The summed E-state index contributed by atoms with van der Waals surface area (Å²) in [6.07, 6.45) is 10.7. The number of nitrogens with one attached hydrogen (secondary N) is 3. The third-order valence-corrected chi connectivity index (χ3v) is 6.66. The van der Waals surface area contributed by atoms with Crippen molar-refractivity contribution in [2.24, 2.45) is 10.7 Å². The second-order valence-corrected chi connectivity index (χ2v) is 9.30. The summed E-state index contributed by atoms with van der Waals surface area (Å²) in [5, 5.41) is 17.6. The van der Waals surface area contributed by atoms with E-state index < -0.39 is 11.8 Å². The molecule has 0 bridgehead atoms. The third kappa shape index (κ3) is 8.65. The number of nitrogens with zero attached hydrogens (tertiary/aromatic N) is 2.